The van der Waals surface area contributed by atoms with Crippen molar-refractivity contribution in [1.82, 2.24) is 4.98 Å². The van der Waals surface area contributed by atoms with Gasteiger partial charge in [0.1, 0.15) is 11.6 Å². The number of ether oxygens (including phenoxy) is 1. The van der Waals surface area contributed by atoms with Gasteiger partial charge >= 0.3 is 0 Å². The van der Waals surface area contributed by atoms with E-state index in [2.05, 4.69) is 17.0 Å². The molecule has 0 aliphatic carbocycles. The van der Waals surface area contributed by atoms with Gasteiger partial charge < -0.3 is 15.4 Å². The van der Waals surface area contributed by atoms with Crippen LogP contribution < -0.4 is 15.4 Å². The quantitative estimate of drug-likeness (QED) is 0.756. The van der Waals surface area contributed by atoms with Crippen molar-refractivity contribution < 1.29 is 4.74 Å². The SMILES string of the molecule is COc1cccc(CN2CCCc3c2nc2cccc(Cl)c2c3N)c1. The molecule has 3 aromatic rings. The molecule has 0 bridgehead atoms. The van der Waals surface area contributed by atoms with Crippen LogP contribution in [0.5, 0.6) is 5.75 Å². The van der Waals surface area contributed by atoms with Crippen LogP contribution in [0.25, 0.3) is 10.9 Å². The van der Waals surface area contributed by atoms with Crippen molar-refractivity contribution in [1.29, 1.82) is 0 Å². The van der Waals surface area contributed by atoms with Crippen LogP contribution in [0.3, 0.4) is 0 Å². The molecule has 0 spiro atoms. The number of benzene rings is 2. The number of nitrogens with zero attached hydrogens (tertiary/aromatic N) is 2. The summed E-state index contributed by atoms with van der Waals surface area (Å²) in [5.41, 5.74) is 10.4. The minimum Gasteiger partial charge on any atom is -0.497 e. The number of rotatable bonds is 3. The monoisotopic (exact) mass is 353 g/mol. The predicted molar refractivity (Wildman–Crippen MR) is 104 cm³/mol. The molecule has 2 heterocycles. The zero-order valence-electron chi connectivity index (χ0n) is 14.1. The maximum atomic E-state index is 6.47. The van der Waals surface area contributed by atoms with Crippen LogP contribution in [0, 0.1) is 0 Å². The minimum absolute atomic E-state index is 0.662. The predicted octanol–water partition coefficient (Wildman–Crippen LogP) is 4.43. The van der Waals surface area contributed by atoms with Crippen molar-refractivity contribution in [2.45, 2.75) is 19.4 Å². The molecule has 0 atom stereocenters. The van der Waals surface area contributed by atoms with E-state index in [0.717, 1.165) is 59.7 Å². The second kappa shape index (κ2) is 6.45. The zero-order valence-corrected chi connectivity index (χ0v) is 14.9. The Kier molecular flexibility index (Phi) is 4.14. The summed E-state index contributed by atoms with van der Waals surface area (Å²) in [6.45, 7) is 1.74. The molecule has 2 N–H and O–H groups in total. The Balaban J connectivity index is 1.78. The molecule has 1 aliphatic rings. The molecule has 128 valence electrons. The number of fused-ring (bicyclic) bond motifs is 2. The van der Waals surface area contributed by atoms with E-state index in [1.807, 2.05) is 30.3 Å². The standard InChI is InChI=1S/C20H20ClN3O/c1-25-14-6-2-5-13(11-14)12-24-10-4-7-15-19(22)18-16(21)8-3-9-17(18)23-20(15)24/h2-3,5-6,8-9,11H,4,7,10,12H2,1H3,(H2,22,23). The molecule has 0 unspecified atom stereocenters. The number of anilines is 2. The average molecular weight is 354 g/mol. The largest absolute Gasteiger partial charge is 0.497 e. The number of pyridine rings is 1. The molecular formula is C20H20ClN3O. The van der Waals surface area contributed by atoms with E-state index in [1.165, 1.54) is 5.56 Å². The first-order valence-electron chi connectivity index (χ1n) is 8.42. The van der Waals surface area contributed by atoms with E-state index < -0.39 is 0 Å². The normalized spacial score (nSPS) is 13.8. The summed E-state index contributed by atoms with van der Waals surface area (Å²) in [6.07, 6.45) is 1.99. The highest BCUT2D eigenvalue weighted by molar-refractivity contribution is 6.36. The van der Waals surface area contributed by atoms with Crippen molar-refractivity contribution in [3.8, 4) is 5.75 Å². The number of methoxy groups -OCH3 is 1. The Labute approximate surface area is 152 Å². The number of nitrogens with two attached hydrogens (primary N) is 1. The van der Waals surface area contributed by atoms with Crippen LogP contribution in [0.4, 0.5) is 11.5 Å². The molecule has 4 nitrogen and oxygen atoms in total. The van der Waals surface area contributed by atoms with Gasteiger partial charge in [0.05, 0.1) is 17.6 Å². The van der Waals surface area contributed by atoms with E-state index in [1.54, 1.807) is 7.11 Å². The molecule has 1 aliphatic heterocycles. The first-order valence-corrected chi connectivity index (χ1v) is 8.79. The number of nitrogen functional groups attached to an aromatic ring is 1. The molecule has 0 fully saturated rings. The summed E-state index contributed by atoms with van der Waals surface area (Å²) in [5, 5.41) is 1.53. The number of aromatic nitrogens is 1. The number of hydrogen-bond donors (Lipinski definition) is 1. The van der Waals surface area contributed by atoms with Gasteiger partial charge in [-0.3, -0.25) is 0 Å². The van der Waals surface area contributed by atoms with Crippen molar-refractivity contribution in [2.24, 2.45) is 0 Å². The molecule has 2 aromatic carbocycles. The lowest BCUT2D eigenvalue weighted by Gasteiger charge is -2.31. The highest BCUT2D eigenvalue weighted by Gasteiger charge is 2.23. The van der Waals surface area contributed by atoms with E-state index in [4.69, 9.17) is 27.1 Å². The molecule has 25 heavy (non-hydrogen) atoms. The Morgan fingerprint density at radius 1 is 1.24 bits per heavy atom. The van der Waals surface area contributed by atoms with Crippen LogP contribution in [0.15, 0.2) is 42.5 Å². The summed E-state index contributed by atoms with van der Waals surface area (Å²) in [6, 6.07) is 13.9. The summed E-state index contributed by atoms with van der Waals surface area (Å²) < 4.78 is 5.33. The first kappa shape index (κ1) is 16.0. The third-order valence-electron chi connectivity index (χ3n) is 4.74. The van der Waals surface area contributed by atoms with Crippen molar-refractivity contribution in [2.75, 3.05) is 24.3 Å². The maximum absolute atomic E-state index is 6.47. The van der Waals surface area contributed by atoms with E-state index in [0.29, 0.717) is 5.02 Å². The summed E-state index contributed by atoms with van der Waals surface area (Å²) in [4.78, 5) is 7.18. The van der Waals surface area contributed by atoms with Crippen LogP contribution in [-0.2, 0) is 13.0 Å². The Morgan fingerprint density at radius 3 is 2.92 bits per heavy atom. The van der Waals surface area contributed by atoms with E-state index >= 15 is 0 Å². The van der Waals surface area contributed by atoms with Gasteiger partial charge in [0.2, 0.25) is 0 Å². The lowest BCUT2D eigenvalue weighted by molar-refractivity contribution is 0.414. The zero-order chi connectivity index (χ0) is 17.4. The second-order valence-electron chi connectivity index (χ2n) is 6.34. The fraction of sp³-hybridized carbons (Fsp3) is 0.250. The average Bonchev–Trinajstić information content (AvgIpc) is 2.63. The van der Waals surface area contributed by atoms with Crippen LogP contribution in [-0.4, -0.2) is 18.6 Å². The summed E-state index contributed by atoms with van der Waals surface area (Å²) in [5.74, 6) is 1.84. The van der Waals surface area contributed by atoms with Crippen LogP contribution in [0.1, 0.15) is 17.5 Å². The van der Waals surface area contributed by atoms with Crippen molar-refractivity contribution >= 4 is 34.0 Å². The second-order valence-corrected chi connectivity index (χ2v) is 6.75. The molecule has 0 radical (unpaired) electrons. The van der Waals surface area contributed by atoms with E-state index in [9.17, 15) is 0 Å². The van der Waals surface area contributed by atoms with Gasteiger partial charge in [-0.2, -0.15) is 0 Å². The fourth-order valence-electron chi connectivity index (χ4n) is 3.53. The van der Waals surface area contributed by atoms with Gasteiger partial charge in [0, 0.05) is 29.7 Å². The maximum Gasteiger partial charge on any atom is 0.134 e. The third kappa shape index (κ3) is 2.87. The lowest BCUT2D eigenvalue weighted by Crippen LogP contribution is -2.30. The first-order chi connectivity index (χ1) is 12.2. The van der Waals surface area contributed by atoms with Crippen LogP contribution >= 0.6 is 11.6 Å². The highest BCUT2D eigenvalue weighted by Crippen LogP contribution is 2.38. The molecule has 4 rings (SSSR count). The van der Waals surface area contributed by atoms with Gasteiger partial charge in [0.15, 0.2) is 0 Å². The summed E-state index contributed by atoms with van der Waals surface area (Å²) >= 11 is 6.36. The van der Waals surface area contributed by atoms with Gasteiger partial charge in [-0.05, 0) is 42.7 Å². The molecule has 0 saturated heterocycles. The van der Waals surface area contributed by atoms with Crippen molar-refractivity contribution in [3.05, 3.63) is 58.6 Å². The molecule has 1 aromatic heterocycles. The fourth-order valence-corrected chi connectivity index (χ4v) is 3.80. The molecule has 5 heteroatoms. The minimum atomic E-state index is 0.662. The topological polar surface area (TPSA) is 51.4 Å². The lowest BCUT2D eigenvalue weighted by atomic mass is 10.00. The Morgan fingerprint density at radius 2 is 2.08 bits per heavy atom. The molecule has 0 saturated carbocycles. The Hall–Kier alpha value is -2.46. The van der Waals surface area contributed by atoms with Crippen LogP contribution in [0.2, 0.25) is 5.02 Å². The Bertz CT molecular complexity index is 942. The van der Waals surface area contributed by atoms with Gasteiger partial charge in [-0.1, -0.05) is 29.8 Å². The number of halogens is 1. The highest BCUT2D eigenvalue weighted by atomic mass is 35.5. The summed E-state index contributed by atoms with van der Waals surface area (Å²) in [7, 11) is 1.69. The van der Waals surface area contributed by atoms with E-state index in [-0.39, 0.29) is 0 Å². The van der Waals surface area contributed by atoms with Gasteiger partial charge in [-0.15, -0.1) is 0 Å². The molecule has 0 amide bonds. The number of hydrogen-bond acceptors (Lipinski definition) is 4. The third-order valence-corrected chi connectivity index (χ3v) is 5.06. The molecular weight excluding hydrogens is 334 g/mol. The smallest absolute Gasteiger partial charge is 0.134 e. The van der Waals surface area contributed by atoms with Gasteiger partial charge in [0.25, 0.3) is 0 Å². The van der Waals surface area contributed by atoms with Crippen molar-refractivity contribution in [3.63, 3.8) is 0 Å². The van der Waals surface area contributed by atoms with Gasteiger partial charge in [-0.25, -0.2) is 4.98 Å².